The molecule has 2 aliphatic rings. The van der Waals surface area contributed by atoms with Gasteiger partial charge in [-0.05, 0) is 26.0 Å². The third kappa shape index (κ3) is 1.92. The molecule has 0 spiro atoms. The van der Waals surface area contributed by atoms with Crippen molar-refractivity contribution in [2.75, 3.05) is 0 Å². The summed E-state index contributed by atoms with van der Waals surface area (Å²) >= 11 is 0. The first-order valence-electron chi connectivity index (χ1n) is 4.50. The summed E-state index contributed by atoms with van der Waals surface area (Å²) in [5.41, 5.74) is 0.982. The van der Waals surface area contributed by atoms with Crippen molar-refractivity contribution in [3.05, 3.63) is 23.3 Å². The highest BCUT2D eigenvalue weighted by Crippen LogP contribution is 2.20. The number of hydrogen-bond donors (Lipinski definition) is 0. The molecule has 5 heteroatoms. The summed E-state index contributed by atoms with van der Waals surface area (Å²) in [6.07, 6.45) is 1.55. The van der Waals surface area contributed by atoms with E-state index in [4.69, 9.17) is 14.2 Å². The van der Waals surface area contributed by atoms with Gasteiger partial charge in [0.2, 0.25) is 12.6 Å². The van der Waals surface area contributed by atoms with Crippen LogP contribution < -0.4 is 0 Å². The van der Waals surface area contributed by atoms with E-state index in [2.05, 4.69) is 0 Å². The summed E-state index contributed by atoms with van der Waals surface area (Å²) in [6, 6.07) is 0. The molecule has 0 radical (unpaired) electrons. The lowest BCUT2D eigenvalue weighted by Crippen LogP contribution is -2.21. The highest BCUT2D eigenvalue weighted by Gasteiger charge is 2.29. The first-order valence-corrected chi connectivity index (χ1v) is 4.50. The van der Waals surface area contributed by atoms with Gasteiger partial charge in [0.15, 0.2) is 0 Å². The minimum atomic E-state index is -0.766. The van der Waals surface area contributed by atoms with Gasteiger partial charge >= 0.3 is 11.9 Å². The van der Waals surface area contributed by atoms with Gasteiger partial charge in [0, 0.05) is 11.1 Å². The number of rotatable bonds is 2. The van der Waals surface area contributed by atoms with Crippen LogP contribution in [0.3, 0.4) is 0 Å². The van der Waals surface area contributed by atoms with Crippen LogP contribution in [0.15, 0.2) is 23.3 Å². The number of esters is 2. The van der Waals surface area contributed by atoms with Crippen molar-refractivity contribution in [2.45, 2.75) is 26.4 Å². The molecule has 0 saturated carbocycles. The van der Waals surface area contributed by atoms with Crippen molar-refractivity contribution >= 4 is 11.9 Å². The van der Waals surface area contributed by atoms with E-state index < -0.39 is 24.5 Å². The minimum absolute atomic E-state index is 0.412. The van der Waals surface area contributed by atoms with Crippen LogP contribution in [0.4, 0.5) is 0 Å². The van der Waals surface area contributed by atoms with Crippen LogP contribution in [0.1, 0.15) is 13.8 Å². The largest absolute Gasteiger partial charge is 0.428 e. The van der Waals surface area contributed by atoms with E-state index in [1.54, 1.807) is 13.8 Å². The van der Waals surface area contributed by atoms with E-state index in [0.29, 0.717) is 11.1 Å². The lowest BCUT2D eigenvalue weighted by Gasteiger charge is -2.13. The summed E-state index contributed by atoms with van der Waals surface area (Å²) in [5.74, 6) is -0.824. The molecule has 0 aromatic rings. The summed E-state index contributed by atoms with van der Waals surface area (Å²) in [7, 11) is 0. The van der Waals surface area contributed by atoms with Crippen molar-refractivity contribution in [1.82, 2.24) is 0 Å². The summed E-state index contributed by atoms with van der Waals surface area (Å²) in [6.45, 7) is 3.26. The Morgan fingerprint density at radius 3 is 1.67 bits per heavy atom. The van der Waals surface area contributed by atoms with Gasteiger partial charge in [0.1, 0.15) is 0 Å². The zero-order chi connectivity index (χ0) is 11.0. The maximum Gasteiger partial charge on any atom is 0.336 e. The minimum Gasteiger partial charge on any atom is -0.428 e. The molecule has 2 atom stereocenters. The number of hydrogen-bond acceptors (Lipinski definition) is 5. The number of cyclic esters (lactones) is 2. The predicted molar refractivity (Wildman–Crippen MR) is 48.4 cm³/mol. The molecule has 0 aromatic carbocycles. The molecule has 5 nitrogen and oxygen atoms in total. The van der Waals surface area contributed by atoms with E-state index in [1.807, 2.05) is 0 Å². The third-order valence-corrected chi connectivity index (χ3v) is 2.13. The van der Waals surface area contributed by atoms with Crippen molar-refractivity contribution in [2.24, 2.45) is 0 Å². The molecular weight excluding hydrogens is 200 g/mol. The summed E-state index contributed by atoms with van der Waals surface area (Å²) < 4.78 is 14.9. The van der Waals surface area contributed by atoms with Crippen molar-refractivity contribution in [1.29, 1.82) is 0 Å². The predicted octanol–water partition coefficient (Wildman–Crippen LogP) is 0.661. The normalized spacial score (nSPS) is 29.7. The zero-order valence-electron chi connectivity index (χ0n) is 8.35. The van der Waals surface area contributed by atoms with Crippen LogP contribution in [-0.2, 0) is 23.8 Å². The molecule has 15 heavy (non-hydrogen) atoms. The van der Waals surface area contributed by atoms with Gasteiger partial charge in [-0.25, -0.2) is 9.59 Å². The molecule has 2 unspecified atom stereocenters. The summed E-state index contributed by atoms with van der Waals surface area (Å²) in [5, 5.41) is 0. The van der Waals surface area contributed by atoms with E-state index >= 15 is 0 Å². The van der Waals surface area contributed by atoms with E-state index in [-0.39, 0.29) is 0 Å². The van der Waals surface area contributed by atoms with E-state index in [9.17, 15) is 9.59 Å². The Hall–Kier alpha value is -1.62. The second-order valence-corrected chi connectivity index (χ2v) is 3.38. The van der Waals surface area contributed by atoms with Crippen molar-refractivity contribution in [3.63, 3.8) is 0 Å². The molecule has 0 aliphatic carbocycles. The fourth-order valence-electron chi connectivity index (χ4n) is 1.28. The van der Waals surface area contributed by atoms with Crippen molar-refractivity contribution < 1.29 is 23.8 Å². The second-order valence-electron chi connectivity index (χ2n) is 3.38. The van der Waals surface area contributed by atoms with Crippen LogP contribution in [0.25, 0.3) is 0 Å². The fourth-order valence-corrected chi connectivity index (χ4v) is 1.28. The van der Waals surface area contributed by atoms with E-state index in [1.165, 1.54) is 12.2 Å². The zero-order valence-corrected chi connectivity index (χ0v) is 8.35. The van der Waals surface area contributed by atoms with Crippen LogP contribution in [0.2, 0.25) is 0 Å². The first kappa shape index (κ1) is 9.92. The second kappa shape index (κ2) is 3.51. The Morgan fingerprint density at radius 2 is 1.40 bits per heavy atom. The lowest BCUT2D eigenvalue weighted by molar-refractivity contribution is -0.199. The van der Waals surface area contributed by atoms with Crippen LogP contribution in [-0.4, -0.2) is 24.5 Å². The molecule has 0 amide bonds. The lowest BCUT2D eigenvalue weighted by atomic mass is 10.3. The SMILES string of the molecule is CC1=CC(OC2C=C(C)C(=O)O2)OC1=O. The van der Waals surface area contributed by atoms with Crippen LogP contribution in [0, 0.1) is 0 Å². The molecule has 0 saturated heterocycles. The molecule has 0 fully saturated rings. The number of carbonyl (C=O) groups is 2. The summed E-state index contributed by atoms with van der Waals surface area (Å²) in [4.78, 5) is 22.0. The van der Waals surface area contributed by atoms with Crippen molar-refractivity contribution in [3.8, 4) is 0 Å². The molecule has 2 aliphatic heterocycles. The smallest absolute Gasteiger partial charge is 0.336 e. The van der Waals surface area contributed by atoms with Gasteiger partial charge in [0.25, 0.3) is 0 Å². The fraction of sp³-hybridized carbons (Fsp3) is 0.400. The van der Waals surface area contributed by atoms with Gasteiger partial charge in [-0.2, -0.15) is 0 Å². The Balaban J connectivity index is 1.95. The molecular formula is C10H10O5. The highest BCUT2D eigenvalue weighted by atomic mass is 16.8. The Morgan fingerprint density at radius 1 is 1.00 bits per heavy atom. The van der Waals surface area contributed by atoms with Gasteiger partial charge < -0.3 is 9.47 Å². The molecule has 0 bridgehead atoms. The average molecular weight is 210 g/mol. The molecule has 0 aromatic heterocycles. The number of ether oxygens (including phenoxy) is 3. The standard InChI is InChI=1S/C10H10O5/c1-5-3-7(14-9(5)11)13-8-4-6(2)10(12)15-8/h3-4,7-8H,1-2H3. The average Bonchev–Trinajstić information content (AvgIpc) is 2.59. The van der Waals surface area contributed by atoms with Crippen LogP contribution in [0.5, 0.6) is 0 Å². The van der Waals surface area contributed by atoms with Crippen LogP contribution >= 0.6 is 0 Å². The van der Waals surface area contributed by atoms with Gasteiger partial charge in [0.05, 0.1) is 0 Å². The Kier molecular flexibility index (Phi) is 2.32. The van der Waals surface area contributed by atoms with Gasteiger partial charge in [-0.1, -0.05) is 0 Å². The van der Waals surface area contributed by atoms with Gasteiger partial charge in [-0.15, -0.1) is 0 Å². The quantitative estimate of drug-likeness (QED) is 0.626. The molecule has 2 rings (SSSR count). The van der Waals surface area contributed by atoms with Gasteiger partial charge in [-0.3, -0.25) is 4.74 Å². The maximum absolute atomic E-state index is 11.0. The molecule has 80 valence electrons. The Labute approximate surface area is 86.3 Å². The molecule has 0 N–H and O–H groups in total. The third-order valence-electron chi connectivity index (χ3n) is 2.13. The monoisotopic (exact) mass is 210 g/mol. The highest BCUT2D eigenvalue weighted by molar-refractivity contribution is 5.90. The van der Waals surface area contributed by atoms with E-state index in [0.717, 1.165) is 0 Å². The topological polar surface area (TPSA) is 61.8 Å². The first-order chi connectivity index (χ1) is 7.06. The maximum atomic E-state index is 11.0. The Bertz CT molecular complexity index is 343. The molecule has 2 heterocycles. The number of carbonyl (C=O) groups excluding carboxylic acids is 2.